The third-order valence-electron chi connectivity index (χ3n) is 4.42. The van der Waals surface area contributed by atoms with Crippen LogP contribution in [0.2, 0.25) is 0 Å². The second kappa shape index (κ2) is 4.11. The predicted octanol–water partition coefficient (Wildman–Crippen LogP) is 1.41. The van der Waals surface area contributed by atoms with Crippen LogP contribution in [0, 0.1) is 11.3 Å². The Hall–Kier alpha value is -0.410. The summed E-state index contributed by atoms with van der Waals surface area (Å²) in [7, 11) is 0. The van der Waals surface area contributed by atoms with Crippen LogP contribution in [0.3, 0.4) is 0 Å². The minimum atomic E-state index is -0.288. The Morgan fingerprint density at radius 2 is 2.06 bits per heavy atom. The van der Waals surface area contributed by atoms with Crippen LogP contribution in [-0.4, -0.2) is 35.9 Å². The van der Waals surface area contributed by atoms with Crippen molar-refractivity contribution in [3.8, 4) is 0 Å². The maximum atomic E-state index is 11.7. The van der Waals surface area contributed by atoms with E-state index in [0.717, 1.165) is 6.54 Å². The molecule has 1 spiro atoms. The summed E-state index contributed by atoms with van der Waals surface area (Å²) >= 11 is 0. The van der Waals surface area contributed by atoms with E-state index in [2.05, 4.69) is 18.7 Å². The first-order chi connectivity index (χ1) is 7.44. The van der Waals surface area contributed by atoms with E-state index >= 15 is 0 Å². The zero-order valence-electron chi connectivity index (χ0n) is 10.7. The van der Waals surface area contributed by atoms with Gasteiger partial charge in [0.1, 0.15) is 5.78 Å². The van der Waals surface area contributed by atoms with Gasteiger partial charge in [0.2, 0.25) is 0 Å². The quantitative estimate of drug-likeness (QED) is 0.785. The average molecular weight is 224 g/mol. The number of nitrogens with two attached hydrogens (primary N) is 1. The third-order valence-corrected chi connectivity index (χ3v) is 4.42. The molecule has 2 N–H and O–H groups in total. The van der Waals surface area contributed by atoms with Crippen molar-refractivity contribution < 1.29 is 4.79 Å². The highest BCUT2D eigenvalue weighted by atomic mass is 16.1. The summed E-state index contributed by atoms with van der Waals surface area (Å²) in [6, 6.07) is 0.316. The summed E-state index contributed by atoms with van der Waals surface area (Å²) in [6.45, 7) is 8.58. The number of nitrogens with zero attached hydrogens (tertiary/aromatic N) is 1. The minimum Gasteiger partial charge on any atom is -0.322 e. The van der Waals surface area contributed by atoms with E-state index in [1.807, 2.05) is 0 Å². The number of likely N-dealkylation sites (tertiary alicyclic amines) is 1. The first-order valence-electron chi connectivity index (χ1n) is 6.47. The Balaban J connectivity index is 1.97. The van der Waals surface area contributed by atoms with E-state index in [9.17, 15) is 4.79 Å². The Morgan fingerprint density at radius 3 is 2.50 bits per heavy atom. The Kier molecular flexibility index (Phi) is 3.10. The summed E-state index contributed by atoms with van der Waals surface area (Å²) in [5.74, 6) is 0.801. The lowest BCUT2D eigenvalue weighted by atomic mass is 9.87. The van der Waals surface area contributed by atoms with E-state index in [-0.39, 0.29) is 11.8 Å². The number of ketones is 1. The van der Waals surface area contributed by atoms with E-state index in [1.54, 1.807) is 6.92 Å². The standard InChI is InChI=1S/C13H24N2O/c1-9(2)15-7-11(6-12(16)10(3)14)13(8-15)4-5-13/h9-11H,4-8,14H2,1-3H3/t10-,11-/m0/s1. The van der Waals surface area contributed by atoms with Gasteiger partial charge in [0.05, 0.1) is 6.04 Å². The lowest BCUT2D eigenvalue weighted by Crippen LogP contribution is -2.31. The van der Waals surface area contributed by atoms with Crippen molar-refractivity contribution in [1.29, 1.82) is 0 Å². The molecule has 1 saturated heterocycles. The van der Waals surface area contributed by atoms with Gasteiger partial charge >= 0.3 is 0 Å². The molecular weight excluding hydrogens is 200 g/mol. The Labute approximate surface area is 98.4 Å². The molecule has 2 fully saturated rings. The van der Waals surface area contributed by atoms with Crippen LogP contribution in [0.4, 0.5) is 0 Å². The SMILES string of the molecule is CC(C)N1C[C@H](CC(=O)[C@H](C)N)C2(CC2)C1. The summed E-state index contributed by atoms with van der Waals surface area (Å²) in [6.07, 6.45) is 3.32. The number of carbonyl (C=O) groups excluding carboxylic acids is 1. The number of rotatable bonds is 4. The molecule has 0 aromatic rings. The van der Waals surface area contributed by atoms with Gasteiger partial charge in [0.15, 0.2) is 0 Å². The zero-order valence-corrected chi connectivity index (χ0v) is 10.7. The molecule has 0 bridgehead atoms. The largest absolute Gasteiger partial charge is 0.322 e. The highest BCUT2D eigenvalue weighted by molar-refractivity contribution is 5.83. The molecule has 1 saturated carbocycles. The Morgan fingerprint density at radius 1 is 1.44 bits per heavy atom. The van der Waals surface area contributed by atoms with Gasteiger partial charge in [-0.1, -0.05) is 0 Å². The van der Waals surface area contributed by atoms with Crippen molar-refractivity contribution >= 4 is 5.78 Å². The molecule has 0 unspecified atom stereocenters. The van der Waals surface area contributed by atoms with E-state index < -0.39 is 0 Å². The molecule has 0 aromatic carbocycles. The highest BCUT2D eigenvalue weighted by Gasteiger charge is 2.55. The number of hydrogen-bond donors (Lipinski definition) is 1. The van der Waals surface area contributed by atoms with Gasteiger partial charge in [-0.25, -0.2) is 0 Å². The van der Waals surface area contributed by atoms with Crippen molar-refractivity contribution in [1.82, 2.24) is 4.90 Å². The second-order valence-corrected chi connectivity index (χ2v) is 6.04. The van der Waals surface area contributed by atoms with E-state index in [1.165, 1.54) is 19.4 Å². The van der Waals surface area contributed by atoms with Gasteiger partial charge in [-0.05, 0) is 44.9 Å². The van der Waals surface area contributed by atoms with Crippen LogP contribution >= 0.6 is 0 Å². The predicted molar refractivity (Wildman–Crippen MR) is 65.1 cm³/mol. The van der Waals surface area contributed by atoms with Crippen LogP contribution in [0.25, 0.3) is 0 Å². The van der Waals surface area contributed by atoms with Crippen LogP contribution in [0.15, 0.2) is 0 Å². The van der Waals surface area contributed by atoms with Gasteiger partial charge in [-0.3, -0.25) is 4.79 Å². The molecule has 2 atom stereocenters. The van der Waals surface area contributed by atoms with E-state index in [0.29, 0.717) is 23.8 Å². The molecule has 0 aromatic heterocycles. The molecular formula is C13H24N2O. The molecule has 0 amide bonds. The lowest BCUT2D eigenvalue weighted by Gasteiger charge is -2.20. The molecule has 3 nitrogen and oxygen atoms in total. The van der Waals surface area contributed by atoms with Crippen molar-refractivity contribution in [3.63, 3.8) is 0 Å². The average Bonchev–Trinajstić information content (AvgIpc) is 2.86. The molecule has 1 aliphatic carbocycles. The monoisotopic (exact) mass is 224 g/mol. The molecule has 2 aliphatic rings. The zero-order chi connectivity index (χ0) is 11.9. The number of hydrogen-bond acceptors (Lipinski definition) is 3. The van der Waals surface area contributed by atoms with Gasteiger partial charge in [-0.2, -0.15) is 0 Å². The first kappa shape index (κ1) is 12.1. The smallest absolute Gasteiger partial charge is 0.149 e. The molecule has 1 heterocycles. The molecule has 16 heavy (non-hydrogen) atoms. The maximum Gasteiger partial charge on any atom is 0.149 e. The number of Topliss-reactive ketones (excluding diaryl/α,β-unsaturated/α-hetero) is 1. The normalized spacial score (nSPS) is 29.9. The van der Waals surface area contributed by atoms with Gasteiger partial charge in [0.25, 0.3) is 0 Å². The van der Waals surface area contributed by atoms with Crippen molar-refractivity contribution in [3.05, 3.63) is 0 Å². The van der Waals surface area contributed by atoms with Crippen molar-refractivity contribution in [2.45, 2.75) is 52.1 Å². The van der Waals surface area contributed by atoms with Gasteiger partial charge < -0.3 is 10.6 Å². The molecule has 3 heteroatoms. The fraction of sp³-hybridized carbons (Fsp3) is 0.923. The molecule has 2 rings (SSSR count). The van der Waals surface area contributed by atoms with Gasteiger partial charge in [-0.15, -0.1) is 0 Å². The van der Waals surface area contributed by atoms with Crippen LogP contribution < -0.4 is 5.73 Å². The molecule has 92 valence electrons. The first-order valence-corrected chi connectivity index (χ1v) is 6.47. The summed E-state index contributed by atoms with van der Waals surface area (Å²) < 4.78 is 0. The maximum absolute atomic E-state index is 11.7. The summed E-state index contributed by atoms with van der Waals surface area (Å²) in [5.41, 5.74) is 6.14. The van der Waals surface area contributed by atoms with Crippen LogP contribution in [0.5, 0.6) is 0 Å². The van der Waals surface area contributed by atoms with Crippen molar-refractivity contribution in [2.24, 2.45) is 17.1 Å². The van der Waals surface area contributed by atoms with Crippen LogP contribution in [-0.2, 0) is 4.79 Å². The highest BCUT2D eigenvalue weighted by Crippen LogP contribution is 2.57. The third kappa shape index (κ3) is 2.16. The fourth-order valence-electron chi connectivity index (χ4n) is 2.90. The van der Waals surface area contributed by atoms with Crippen molar-refractivity contribution in [2.75, 3.05) is 13.1 Å². The summed E-state index contributed by atoms with van der Waals surface area (Å²) in [5, 5.41) is 0. The Bertz CT molecular complexity index is 282. The van der Waals surface area contributed by atoms with E-state index in [4.69, 9.17) is 5.73 Å². The van der Waals surface area contributed by atoms with Gasteiger partial charge in [0, 0.05) is 25.6 Å². The minimum absolute atomic E-state index is 0.238. The number of carbonyl (C=O) groups is 1. The second-order valence-electron chi connectivity index (χ2n) is 6.04. The molecule has 1 aliphatic heterocycles. The fourth-order valence-corrected chi connectivity index (χ4v) is 2.90. The molecule has 0 radical (unpaired) electrons. The van der Waals surface area contributed by atoms with Crippen LogP contribution in [0.1, 0.15) is 40.0 Å². The summed E-state index contributed by atoms with van der Waals surface area (Å²) in [4.78, 5) is 14.3. The topological polar surface area (TPSA) is 46.3 Å². The lowest BCUT2D eigenvalue weighted by molar-refractivity contribution is -0.121.